The van der Waals surface area contributed by atoms with Crippen molar-refractivity contribution in [2.45, 2.75) is 20.4 Å². The highest BCUT2D eigenvalue weighted by molar-refractivity contribution is 5.95. The number of nitrogens with zero attached hydrogens (tertiary/aromatic N) is 2. The summed E-state index contributed by atoms with van der Waals surface area (Å²) in [7, 11) is 0. The van der Waals surface area contributed by atoms with Gasteiger partial charge in [0.05, 0.1) is 12.8 Å². The van der Waals surface area contributed by atoms with Crippen LogP contribution in [-0.4, -0.2) is 16.0 Å². The van der Waals surface area contributed by atoms with Gasteiger partial charge in [-0.3, -0.25) is 4.79 Å². The van der Waals surface area contributed by atoms with Gasteiger partial charge in [0.15, 0.2) is 11.6 Å². The van der Waals surface area contributed by atoms with Crippen LogP contribution in [0, 0.1) is 13.8 Å². The fourth-order valence-corrected chi connectivity index (χ4v) is 2.15. The minimum Gasteiger partial charge on any atom is -0.459 e. The molecule has 0 radical (unpaired) electrons. The zero-order valence-corrected chi connectivity index (χ0v) is 12.3. The third-order valence-electron chi connectivity index (χ3n) is 3.23. The van der Waals surface area contributed by atoms with Gasteiger partial charge in [0.2, 0.25) is 0 Å². The number of aryl methyl sites for hydroxylation is 2. The Morgan fingerprint density at radius 3 is 2.86 bits per heavy atom. The zero-order chi connectivity index (χ0) is 15.5. The summed E-state index contributed by atoms with van der Waals surface area (Å²) in [6.07, 6.45) is 1.53. The third kappa shape index (κ3) is 2.90. The lowest BCUT2D eigenvalue weighted by molar-refractivity contribution is 0.0949. The summed E-state index contributed by atoms with van der Waals surface area (Å²) in [5, 5.41) is 6.59. The first kappa shape index (κ1) is 14.1. The van der Waals surface area contributed by atoms with Gasteiger partial charge in [-0.05, 0) is 37.6 Å². The molecule has 0 aliphatic carbocycles. The standard InChI is InChI=1S/C16H15N3O3/c1-10-5-6-12(11(2)8-10)15(20)17-9-14-18-16(22-19-14)13-4-3-7-21-13/h3-8H,9H2,1-2H3,(H,17,20). The lowest BCUT2D eigenvalue weighted by Crippen LogP contribution is -2.24. The van der Waals surface area contributed by atoms with E-state index in [1.807, 2.05) is 32.0 Å². The number of amides is 1. The van der Waals surface area contributed by atoms with E-state index in [9.17, 15) is 4.79 Å². The molecular weight excluding hydrogens is 282 g/mol. The number of furan rings is 1. The highest BCUT2D eigenvalue weighted by Crippen LogP contribution is 2.17. The molecule has 0 aliphatic rings. The number of nitrogens with one attached hydrogen (secondary N) is 1. The van der Waals surface area contributed by atoms with Gasteiger partial charge in [-0.1, -0.05) is 22.9 Å². The molecule has 0 fully saturated rings. The molecule has 0 unspecified atom stereocenters. The van der Waals surface area contributed by atoms with Gasteiger partial charge in [-0.15, -0.1) is 0 Å². The van der Waals surface area contributed by atoms with Crippen molar-refractivity contribution in [1.82, 2.24) is 15.5 Å². The molecule has 2 heterocycles. The first-order valence-corrected chi connectivity index (χ1v) is 6.85. The summed E-state index contributed by atoms with van der Waals surface area (Å²) >= 11 is 0. The van der Waals surface area contributed by atoms with Crippen molar-refractivity contribution in [2.24, 2.45) is 0 Å². The first-order valence-electron chi connectivity index (χ1n) is 6.85. The Morgan fingerprint density at radius 1 is 1.27 bits per heavy atom. The molecular formula is C16H15N3O3. The molecule has 6 heteroatoms. The third-order valence-corrected chi connectivity index (χ3v) is 3.23. The van der Waals surface area contributed by atoms with Crippen molar-refractivity contribution >= 4 is 5.91 Å². The Hall–Kier alpha value is -2.89. The number of hydrogen-bond acceptors (Lipinski definition) is 5. The highest BCUT2D eigenvalue weighted by atomic mass is 16.5. The van der Waals surface area contributed by atoms with E-state index in [-0.39, 0.29) is 12.5 Å². The van der Waals surface area contributed by atoms with E-state index >= 15 is 0 Å². The molecule has 6 nitrogen and oxygen atoms in total. The number of benzene rings is 1. The average molecular weight is 297 g/mol. The Kier molecular flexibility index (Phi) is 3.74. The maximum Gasteiger partial charge on any atom is 0.293 e. The van der Waals surface area contributed by atoms with Gasteiger partial charge >= 0.3 is 0 Å². The van der Waals surface area contributed by atoms with Crippen molar-refractivity contribution in [3.63, 3.8) is 0 Å². The molecule has 1 aromatic carbocycles. The number of hydrogen-bond donors (Lipinski definition) is 1. The van der Waals surface area contributed by atoms with Crippen LogP contribution in [0.3, 0.4) is 0 Å². The summed E-state index contributed by atoms with van der Waals surface area (Å²) in [5.41, 5.74) is 2.69. The smallest absolute Gasteiger partial charge is 0.293 e. The van der Waals surface area contributed by atoms with E-state index in [0.29, 0.717) is 23.0 Å². The van der Waals surface area contributed by atoms with Crippen LogP contribution in [0.25, 0.3) is 11.7 Å². The van der Waals surface area contributed by atoms with E-state index < -0.39 is 0 Å². The van der Waals surface area contributed by atoms with Gasteiger partial charge < -0.3 is 14.3 Å². The summed E-state index contributed by atoms with van der Waals surface area (Å²) < 4.78 is 10.3. The van der Waals surface area contributed by atoms with E-state index in [1.165, 1.54) is 6.26 Å². The van der Waals surface area contributed by atoms with Crippen LogP contribution >= 0.6 is 0 Å². The largest absolute Gasteiger partial charge is 0.459 e. The van der Waals surface area contributed by atoms with Crippen molar-refractivity contribution in [3.05, 3.63) is 59.1 Å². The van der Waals surface area contributed by atoms with Gasteiger partial charge in [0.25, 0.3) is 11.8 Å². The summed E-state index contributed by atoms with van der Waals surface area (Å²) in [5.74, 6) is 1.02. The summed E-state index contributed by atoms with van der Waals surface area (Å²) in [6, 6.07) is 9.15. The maximum absolute atomic E-state index is 12.2. The van der Waals surface area contributed by atoms with E-state index in [1.54, 1.807) is 12.1 Å². The normalized spacial score (nSPS) is 10.6. The molecule has 0 atom stereocenters. The van der Waals surface area contributed by atoms with Crippen molar-refractivity contribution in [1.29, 1.82) is 0 Å². The van der Waals surface area contributed by atoms with E-state index in [0.717, 1.165) is 11.1 Å². The monoisotopic (exact) mass is 297 g/mol. The molecule has 1 N–H and O–H groups in total. The minimum absolute atomic E-state index is 0.165. The molecule has 0 spiro atoms. The second-order valence-electron chi connectivity index (χ2n) is 4.99. The first-order chi connectivity index (χ1) is 10.6. The second kappa shape index (κ2) is 5.85. The molecule has 0 saturated heterocycles. The Bertz CT molecular complexity index is 791. The SMILES string of the molecule is Cc1ccc(C(=O)NCc2noc(-c3ccco3)n2)c(C)c1. The zero-order valence-electron chi connectivity index (χ0n) is 12.3. The maximum atomic E-state index is 12.2. The lowest BCUT2D eigenvalue weighted by atomic mass is 10.1. The molecule has 2 aromatic heterocycles. The number of carbonyl (C=O) groups excluding carboxylic acids is 1. The molecule has 3 rings (SSSR count). The Labute approximate surface area is 127 Å². The van der Waals surface area contributed by atoms with Crippen molar-refractivity contribution in [3.8, 4) is 11.7 Å². The Balaban J connectivity index is 1.66. The predicted octanol–water partition coefficient (Wildman–Crippen LogP) is 2.88. The highest BCUT2D eigenvalue weighted by Gasteiger charge is 2.13. The van der Waals surface area contributed by atoms with Crippen LogP contribution in [-0.2, 0) is 6.54 Å². The number of aromatic nitrogens is 2. The van der Waals surface area contributed by atoms with Crippen LogP contribution in [0.1, 0.15) is 27.3 Å². The van der Waals surface area contributed by atoms with Crippen LogP contribution in [0.2, 0.25) is 0 Å². The fourth-order valence-electron chi connectivity index (χ4n) is 2.15. The van der Waals surface area contributed by atoms with Gasteiger partial charge in [0.1, 0.15) is 0 Å². The van der Waals surface area contributed by atoms with Crippen LogP contribution in [0.15, 0.2) is 45.5 Å². The minimum atomic E-state index is -0.165. The lowest BCUT2D eigenvalue weighted by Gasteiger charge is -2.06. The summed E-state index contributed by atoms with van der Waals surface area (Å²) in [4.78, 5) is 16.3. The molecule has 0 bridgehead atoms. The van der Waals surface area contributed by atoms with Gasteiger partial charge in [0, 0.05) is 5.56 Å². The van der Waals surface area contributed by atoms with Crippen LogP contribution in [0.5, 0.6) is 0 Å². The fraction of sp³-hybridized carbons (Fsp3) is 0.188. The number of rotatable bonds is 4. The molecule has 3 aromatic rings. The van der Waals surface area contributed by atoms with Crippen molar-refractivity contribution < 1.29 is 13.7 Å². The summed E-state index contributed by atoms with van der Waals surface area (Å²) in [6.45, 7) is 4.09. The van der Waals surface area contributed by atoms with Gasteiger partial charge in [-0.25, -0.2) is 0 Å². The quantitative estimate of drug-likeness (QED) is 0.800. The van der Waals surface area contributed by atoms with Crippen molar-refractivity contribution in [2.75, 3.05) is 0 Å². The second-order valence-corrected chi connectivity index (χ2v) is 4.99. The molecule has 22 heavy (non-hydrogen) atoms. The average Bonchev–Trinajstić information content (AvgIpc) is 3.16. The van der Waals surface area contributed by atoms with E-state index in [4.69, 9.17) is 8.94 Å². The molecule has 112 valence electrons. The molecule has 0 aliphatic heterocycles. The Morgan fingerprint density at radius 2 is 2.14 bits per heavy atom. The van der Waals surface area contributed by atoms with Crippen LogP contribution < -0.4 is 5.32 Å². The number of carbonyl (C=O) groups is 1. The predicted molar refractivity (Wildman–Crippen MR) is 79.1 cm³/mol. The topological polar surface area (TPSA) is 81.2 Å². The van der Waals surface area contributed by atoms with Crippen LogP contribution in [0.4, 0.5) is 0 Å². The molecule has 0 saturated carbocycles. The molecule has 1 amide bonds. The van der Waals surface area contributed by atoms with E-state index in [2.05, 4.69) is 15.5 Å². The van der Waals surface area contributed by atoms with Gasteiger partial charge in [-0.2, -0.15) is 4.98 Å².